The average molecular weight is 351 g/mol. The summed E-state index contributed by atoms with van der Waals surface area (Å²) < 4.78 is 5.56. The number of likely N-dealkylation sites (tertiary alicyclic amines) is 1. The first-order valence-corrected chi connectivity index (χ1v) is 9.76. The lowest BCUT2D eigenvalue weighted by Gasteiger charge is -2.41. The number of fused-ring (bicyclic) bond motifs is 2. The second-order valence-electron chi connectivity index (χ2n) is 7.94. The zero-order valence-corrected chi connectivity index (χ0v) is 15.0. The topological polar surface area (TPSA) is 58.2 Å². The second kappa shape index (κ2) is 6.32. The van der Waals surface area contributed by atoms with Gasteiger partial charge in [0.15, 0.2) is 0 Å². The summed E-state index contributed by atoms with van der Waals surface area (Å²) in [5, 5.41) is 0. The standard InChI is InChI=1S/C21H25N3O2/c25-20-17-6-8-21(9-11-24(12-10-21)16-7-13-26-14-16)18(17)22-19(23-20)15-4-2-1-3-5-15/h1-5,16H,6-14H2,(H,22,23,25). The zero-order chi connectivity index (χ0) is 17.6. The summed E-state index contributed by atoms with van der Waals surface area (Å²) in [6, 6.07) is 10.6. The summed E-state index contributed by atoms with van der Waals surface area (Å²) in [7, 11) is 0. The van der Waals surface area contributed by atoms with Crippen molar-refractivity contribution < 1.29 is 4.74 Å². The molecule has 1 aromatic heterocycles. The van der Waals surface area contributed by atoms with Crippen molar-refractivity contribution in [2.24, 2.45) is 0 Å². The van der Waals surface area contributed by atoms with Crippen molar-refractivity contribution in [3.05, 3.63) is 51.9 Å². The van der Waals surface area contributed by atoms with Gasteiger partial charge >= 0.3 is 0 Å². The van der Waals surface area contributed by atoms with Crippen molar-refractivity contribution in [2.75, 3.05) is 26.3 Å². The van der Waals surface area contributed by atoms with E-state index in [0.717, 1.165) is 75.2 Å². The van der Waals surface area contributed by atoms with Crippen molar-refractivity contribution in [2.45, 2.75) is 43.6 Å². The lowest BCUT2D eigenvalue weighted by atomic mass is 9.76. The van der Waals surface area contributed by atoms with Crippen LogP contribution in [0.2, 0.25) is 0 Å². The van der Waals surface area contributed by atoms with Crippen LogP contribution in [0.25, 0.3) is 11.4 Å². The number of nitrogens with one attached hydrogen (secondary N) is 1. The van der Waals surface area contributed by atoms with E-state index in [2.05, 4.69) is 9.88 Å². The Morgan fingerprint density at radius 2 is 1.96 bits per heavy atom. The number of piperidine rings is 1. The van der Waals surface area contributed by atoms with Gasteiger partial charge in [0.2, 0.25) is 0 Å². The van der Waals surface area contributed by atoms with Crippen LogP contribution in [0.5, 0.6) is 0 Å². The highest BCUT2D eigenvalue weighted by Gasteiger charge is 2.45. The lowest BCUT2D eigenvalue weighted by Crippen LogP contribution is -2.47. The molecule has 2 fully saturated rings. The van der Waals surface area contributed by atoms with E-state index in [1.54, 1.807) is 0 Å². The first-order chi connectivity index (χ1) is 12.8. The number of aromatic nitrogens is 2. The molecule has 5 nitrogen and oxygen atoms in total. The number of nitrogens with zero attached hydrogens (tertiary/aromatic N) is 2. The fourth-order valence-electron chi connectivity index (χ4n) is 5.00. The van der Waals surface area contributed by atoms with Crippen LogP contribution in [0.15, 0.2) is 35.1 Å². The number of hydrogen-bond donors (Lipinski definition) is 1. The molecule has 1 N–H and O–H groups in total. The Hall–Kier alpha value is -1.98. The summed E-state index contributed by atoms with van der Waals surface area (Å²) in [4.78, 5) is 23.3. The molecule has 1 aliphatic carbocycles. The molecule has 0 saturated carbocycles. The lowest BCUT2D eigenvalue weighted by molar-refractivity contribution is 0.0965. The second-order valence-corrected chi connectivity index (χ2v) is 7.94. The van der Waals surface area contributed by atoms with Crippen molar-refractivity contribution in [3.8, 4) is 11.4 Å². The van der Waals surface area contributed by atoms with E-state index in [9.17, 15) is 4.79 Å². The Morgan fingerprint density at radius 3 is 2.69 bits per heavy atom. The molecule has 26 heavy (non-hydrogen) atoms. The molecule has 136 valence electrons. The molecule has 0 amide bonds. The van der Waals surface area contributed by atoms with Crippen LogP contribution in [0.1, 0.15) is 36.9 Å². The highest BCUT2D eigenvalue weighted by molar-refractivity contribution is 5.55. The Balaban J connectivity index is 1.46. The zero-order valence-electron chi connectivity index (χ0n) is 15.0. The van der Waals surface area contributed by atoms with Crippen LogP contribution in [-0.4, -0.2) is 47.2 Å². The summed E-state index contributed by atoms with van der Waals surface area (Å²) in [5.74, 6) is 0.710. The fraction of sp³-hybridized carbons (Fsp3) is 0.524. The minimum Gasteiger partial charge on any atom is -0.380 e. The summed E-state index contributed by atoms with van der Waals surface area (Å²) in [6.45, 7) is 3.94. The van der Waals surface area contributed by atoms with Crippen LogP contribution >= 0.6 is 0 Å². The molecular weight excluding hydrogens is 326 g/mol. The van der Waals surface area contributed by atoms with E-state index in [1.807, 2.05) is 30.3 Å². The Labute approximate surface area is 153 Å². The number of rotatable bonds is 2. The van der Waals surface area contributed by atoms with E-state index in [0.29, 0.717) is 11.9 Å². The molecule has 2 aromatic rings. The summed E-state index contributed by atoms with van der Waals surface area (Å²) in [5.41, 5.74) is 3.11. The van der Waals surface area contributed by atoms with E-state index in [4.69, 9.17) is 9.72 Å². The molecule has 1 unspecified atom stereocenters. The van der Waals surface area contributed by atoms with Gasteiger partial charge in [0.25, 0.3) is 5.56 Å². The summed E-state index contributed by atoms with van der Waals surface area (Å²) >= 11 is 0. The molecule has 1 spiro atoms. The van der Waals surface area contributed by atoms with Gasteiger partial charge in [0.1, 0.15) is 5.82 Å². The average Bonchev–Trinajstić information content (AvgIpc) is 3.33. The van der Waals surface area contributed by atoms with E-state index in [1.165, 1.54) is 0 Å². The van der Waals surface area contributed by atoms with Gasteiger partial charge in [-0.3, -0.25) is 9.69 Å². The van der Waals surface area contributed by atoms with Gasteiger partial charge in [-0.2, -0.15) is 0 Å². The first kappa shape index (κ1) is 16.2. The van der Waals surface area contributed by atoms with Crippen molar-refractivity contribution in [1.29, 1.82) is 0 Å². The molecule has 1 aromatic carbocycles. The number of H-pyrrole nitrogens is 1. The molecule has 2 aliphatic heterocycles. The molecule has 3 heterocycles. The van der Waals surface area contributed by atoms with Crippen LogP contribution in [0, 0.1) is 0 Å². The quantitative estimate of drug-likeness (QED) is 0.903. The predicted octanol–water partition coefficient (Wildman–Crippen LogP) is 2.51. The molecule has 2 saturated heterocycles. The molecule has 5 rings (SSSR count). The Morgan fingerprint density at radius 1 is 1.15 bits per heavy atom. The fourth-order valence-corrected chi connectivity index (χ4v) is 5.00. The SMILES string of the molecule is O=c1[nH]c(-c2ccccc2)nc2c1CCC21CCN(C2CCOC2)CC1. The van der Waals surface area contributed by atoms with Crippen LogP contribution in [-0.2, 0) is 16.6 Å². The maximum absolute atomic E-state index is 12.7. The van der Waals surface area contributed by atoms with E-state index in [-0.39, 0.29) is 11.0 Å². The first-order valence-electron chi connectivity index (χ1n) is 9.76. The third-order valence-electron chi connectivity index (χ3n) is 6.60. The van der Waals surface area contributed by atoms with Gasteiger partial charge in [-0.05, 0) is 45.2 Å². The maximum Gasteiger partial charge on any atom is 0.254 e. The van der Waals surface area contributed by atoms with Crippen molar-refractivity contribution in [1.82, 2.24) is 14.9 Å². The predicted molar refractivity (Wildman–Crippen MR) is 100 cm³/mol. The maximum atomic E-state index is 12.7. The van der Waals surface area contributed by atoms with E-state index < -0.39 is 0 Å². The molecule has 5 heteroatoms. The van der Waals surface area contributed by atoms with Gasteiger partial charge in [0, 0.05) is 29.2 Å². The van der Waals surface area contributed by atoms with Gasteiger partial charge < -0.3 is 9.72 Å². The van der Waals surface area contributed by atoms with Gasteiger partial charge in [0.05, 0.1) is 12.3 Å². The third kappa shape index (κ3) is 2.61. The van der Waals surface area contributed by atoms with Crippen LogP contribution in [0.4, 0.5) is 0 Å². The number of hydrogen-bond acceptors (Lipinski definition) is 4. The molecule has 0 bridgehead atoms. The molecular formula is C21H25N3O2. The van der Waals surface area contributed by atoms with Crippen LogP contribution in [0.3, 0.4) is 0 Å². The highest BCUT2D eigenvalue weighted by atomic mass is 16.5. The normalized spacial score (nSPS) is 24.8. The van der Waals surface area contributed by atoms with Gasteiger partial charge in [-0.15, -0.1) is 0 Å². The van der Waals surface area contributed by atoms with Crippen molar-refractivity contribution >= 4 is 0 Å². The highest BCUT2D eigenvalue weighted by Crippen LogP contribution is 2.45. The third-order valence-corrected chi connectivity index (χ3v) is 6.60. The van der Waals surface area contributed by atoms with Gasteiger partial charge in [-0.1, -0.05) is 30.3 Å². The van der Waals surface area contributed by atoms with E-state index >= 15 is 0 Å². The number of benzene rings is 1. The number of aromatic amines is 1. The number of ether oxygens (including phenoxy) is 1. The Kier molecular flexibility index (Phi) is 3.94. The van der Waals surface area contributed by atoms with Gasteiger partial charge in [-0.25, -0.2) is 4.98 Å². The monoisotopic (exact) mass is 351 g/mol. The van der Waals surface area contributed by atoms with Crippen LogP contribution < -0.4 is 5.56 Å². The van der Waals surface area contributed by atoms with Crippen molar-refractivity contribution in [3.63, 3.8) is 0 Å². The summed E-state index contributed by atoms with van der Waals surface area (Å²) in [6.07, 6.45) is 5.27. The Bertz CT molecular complexity index is 847. The minimum atomic E-state index is 0.0531. The molecule has 3 aliphatic rings. The smallest absolute Gasteiger partial charge is 0.254 e. The molecule has 0 radical (unpaired) electrons. The molecule has 1 atom stereocenters. The largest absolute Gasteiger partial charge is 0.380 e. The minimum absolute atomic E-state index is 0.0531.